The highest BCUT2D eigenvalue weighted by Crippen LogP contribution is 2.19. The number of hydrogen-bond donors (Lipinski definition) is 0. The van der Waals surface area contributed by atoms with Crippen molar-refractivity contribution in [1.29, 1.82) is 0 Å². The van der Waals surface area contributed by atoms with Crippen LogP contribution < -0.4 is 0 Å². The molecule has 4 nitrogen and oxygen atoms in total. The van der Waals surface area contributed by atoms with Crippen molar-refractivity contribution in [2.24, 2.45) is 0 Å². The molecule has 0 aliphatic rings. The Morgan fingerprint density at radius 1 is 0.960 bits per heavy atom. The first kappa shape index (κ1) is 17.2. The minimum absolute atomic E-state index is 0.178. The number of furan rings is 1. The number of ketones is 1. The van der Waals surface area contributed by atoms with Gasteiger partial charge in [-0.05, 0) is 42.5 Å². The fourth-order valence-electron chi connectivity index (χ4n) is 2.54. The van der Waals surface area contributed by atoms with Gasteiger partial charge in [0.05, 0.1) is 18.4 Å². The molecule has 0 radical (unpaired) electrons. The number of carbonyl (C=O) groups is 2. The molecule has 0 unspecified atom stereocenters. The summed E-state index contributed by atoms with van der Waals surface area (Å²) in [5.74, 6) is 0.285. The predicted molar refractivity (Wildman–Crippen MR) is 98.5 cm³/mol. The van der Waals surface area contributed by atoms with Crippen LogP contribution in [0, 0.1) is 0 Å². The average Bonchev–Trinajstić information content (AvgIpc) is 3.14. The lowest BCUT2D eigenvalue weighted by molar-refractivity contribution is 0.0771. The molecule has 0 aliphatic carbocycles. The molecular formula is C20H16BrNO3. The minimum atomic E-state index is -0.225. The van der Waals surface area contributed by atoms with Crippen LogP contribution in [0.2, 0.25) is 0 Å². The Balaban J connectivity index is 1.88. The molecule has 25 heavy (non-hydrogen) atoms. The Bertz CT molecular complexity index is 886. The van der Waals surface area contributed by atoms with Gasteiger partial charge in [0, 0.05) is 22.6 Å². The van der Waals surface area contributed by atoms with E-state index in [9.17, 15) is 9.59 Å². The molecule has 0 saturated heterocycles. The van der Waals surface area contributed by atoms with Crippen LogP contribution in [-0.2, 0) is 6.54 Å². The van der Waals surface area contributed by atoms with Gasteiger partial charge in [-0.1, -0.05) is 34.1 Å². The summed E-state index contributed by atoms with van der Waals surface area (Å²) >= 11 is 3.35. The summed E-state index contributed by atoms with van der Waals surface area (Å²) in [6.45, 7) is 0.340. The van der Waals surface area contributed by atoms with Gasteiger partial charge in [-0.2, -0.15) is 0 Å². The molecule has 0 N–H and O–H groups in total. The number of nitrogens with zero attached hydrogens (tertiary/aromatic N) is 1. The van der Waals surface area contributed by atoms with Gasteiger partial charge < -0.3 is 9.32 Å². The van der Waals surface area contributed by atoms with Crippen molar-refractivity contribution in [1.82, 2.24) is 4.90 Å². The second-order valence-corrected chi connectivity index (χ2v) is 6.54. The van der Waals surface area contributed by atoms with Crippen LogP contribution in [0.25, 0.3) is 0 Å². The van der Waals surface area contributed by atoms with Crippen LogP contribution in [0.3, 0.4) is 0 Å². The van der Waals surface area contributed by atoms with E-state index >= 15 is 0 Å². The van der Waals surface area contributed by atoms with E-state index in [-0.39, 0.29) is 11.7 Å². The first-order chi connectivity index (χ1) is 12.1. The predicted octanol–water partition coefficient (Wildman–Crippen LogP) is 4.55. The van der Waals surface area contributed by atoms with Crippen LogP contribution in [0.1, 0.15) is 32.0 Å². The zero-order valence-corrected chi connectivity index (χ0v) is 15.2. The van der Waals surface area contributed by atoms with E-state index in [1.165, 1.54) is 4.90 Å². The van der Waals surface area contributed by atoms with E-state index in [4.69, 9.17) is 4.42 Å². The Hall–Kier alpha value is -2.66. The third-order valence-corrected chi connectivity index (χ3v) is 4.36. The van der Waals surface area contributed by atoms with Gasteiger partial charge in [0.15, 0.2) is 5.78 Å². The summed E-state index contributed by atoms with van der Waals surface area (Å²) in [4.78, 5) is 27.2. The van der Waals surface area contributed by atoms with E-state index in [1.54, 1.807) is 67.9 Å². The lowest BCUT2D eigenvalue weighted by Crippen LogP contribution is -2.27. The van der Waals surface area contributed by atoms with Crippen molar-refractivity contribution in [2.75, 3.05) is 7.05 Å². The highest BCUT2D eigenvalue weighted by Gasteiger charge is 2.21. The topological polar surface area (TPSA) is 50.5 Å². The number of carbonyl (C=O) groups excluding carboxylic acids is 2. The molecule has 0 saturated carbocycles. The molecule has 0 atom stereocenters. The van der Waals surface area contributed by atoms with Crippen molar-refractivity contribution in [3.05, 3.63) is 93.9 Å². The van der Waals surface area contributed by atoms with Gasteiger partial charge in [0.25, 0.3) is 5.91 Å². The summed E-state index contributed by atoms with van der Waals surface area (Å²) in [5.41, 5.74) is 1.31. The molecule has 0 spiro atoms. The summed E-state index contributed by atoms with van der Waals surface area (Å²) in [5, 5.41) is 0. The van der Waals surface area contributed by atoms with Gasteiger partial charge in [0.2, 0.25) is 0 Å². The molecule has 0 fully saturated rings. The van der Waals surface area contributed by atoms with E-state index in [2.05, 4.69) is 15.9 Å². The second-order valence-electron chi connectivity index (χ2n) is 5.62. The highest BCUT2D eigenvalue weighted by molar-refractivity contribution is 9.10. The second kappa shape index (κ2) is 7.49. The summed E-state index contributed by atoms with van der Waals surface area (Å²) < 4.78 is 6.18. The molecule has 0 aliphatic heterocycles. The van der Waals surface area contributed by atoms with Crippen LogP contribution in [-0.4, -0.2) is 23.6 Å². The molecule has 5 heteroatoms. The van der Waals surface area contributed by atoms with Crippen LogP contribution in [0.5, 0.6) is 0 Å². The lowest BCUT2D eigenvalue weighted by Gasteiger charge is -2.17. The first-order valence-corrected chi connectivity index (χ1v) is 8.52. The number of halogens is 1. The Morgan fingerprint density at radius 2 is 1.64 bits per heavy atom. The van der Waals surface area contributed by atoms with E-state index in [0.717, 1.165) is 4.47 Å². The molecule has 1 heterocycles. The van der Waals surface area contributed by atoms with Crippen molar-refractivity contribution in [3.8, 4) is 0 Å². The molecule has 0 bridgehead atoms. The molecule has 3 aromatic rings. The molecular weight excluding hydrogens is 382 g/mol. The molecule has 3 rings (SSSR count). The maximum Gasteiger partial charge on any atom is 0.254 e. The fraction of sp³-hybridized carbons (Fsp3) is 0.100. The third-order valence-electron chi connectivity index (χ3n) is 3.83. The summed E-state index contributed by atoms with van der Waals surface area (Å²) in [7, 11) is 1.69. The Kier molecular flexibility index (Phi) is 5.14. The Labute approximate surface area is 154 Å². The normalized spacial score (nSPS) is 10.5. The first-order valence-electron chi connectivity index (χ1n) is 7.73. The Morgan fingerprint density at radius 3 is 2.28 bits per heavy atom. The summed E-state index contributed by atoms with van der Waals surface area (Å²) in [6, 6.07) is 17.5. The van der Waals surface area contributed by atoms with Crippen molar-refractivity contribution < 1.29 is 14.0 Å². The quantitative estimate of drug-likeness (QED) is 0.593. The van der Waals surface area contributed by atoms with Crippen molar-refractivity contribution in [2.45, 2.75) is 6.54 Å². The minimum Gasteiger partial charge on any atom is -0.467 e. The van der Waals surface area contributed by atoms with Gasteiger partial charge >= 0.3 is 0 Å². The van der Waals surface area contributed by atoms with E-state index < -0.39 is 0 Å². The van der Waals surface area contributed by atoms with E-state index in [1.807, 2.05) is 6.07 Å². The number of hydrogen-bond acceptors (Lipinski definition) is 3. The zero-order chi connectivity index (χ0) is 17.8. The van der Waals surface area contributed by atoms with Crippen molar-refractivity contribution in [3.63, 3.8) is 0 Å². The largest absolute Gasteiger partial charge is 0.467 e. The number of rotatable bonds is 5. The zero-order valence-electron chi connectivity index (χ0n) is 13.6. The average molecular weight is 398 g/mol. The number of amides is 1. The standard InChI is InChI=1S/C20H16BrNO3/c1-22(13-16-5-4-12-25-16)20(24)18-7-3-2-6-17(18)19(23)14-8-10-15(21)11-9-14/h2-12H,13H2,1H3. The SMILES string of the molecule is CN(Cc1ccco1)C(=O)c1ccccc1C(=O)c1ccc(Br)cc1. The maximum absolute atomic E-state index is 12.8. The van der Waals surface area contributed by atoms with Gasteiger partial charge in [0.1, 0.15) is 5.76 Å². The fourth-order valence-corrected chi connectivity index (χ4v) is 2.80. The molecule has 2 aromatic carbocycles. The van der Waals surface area contributed by atoms with Gasteiger partial charge in [-0.3, -0.25) is 9.59 Å². The smallest absolute Gasteiger partial charge is 0.254 e. The number of benzene rings is 2. The monoisotopic (exact) mass is 397 g/mol. The molecule has 1 amide bonds. The maximum atomic E-state index is 12.8. The third kappa shape index (κ3) is 3.88. The van der Waals surface area contributed by atoms with Crippen molar-refractivity contribution >= 4 is 27.6 Å². The van der Waals surface area contributed by atoms with Crippen LogP contribution in [0.4, 0.5) is 0 Å². The van der Waals surface area contributed by atoms with E-state index in [0.29, 0.717) is 29.0 Å². The lowest BCUT2D eigenvalue weighted by atomic mass is 9.97. The van der Waals surface area contributed by atoms with Gasteiger partial charge in [-0.15, -0.1) is 0 Å². The summed E-state index contributed by atoms with van der Waals surface area (Å²) in [6.07, 6.45) is 1.57. The van der Waals surface area contributed by atoms with Crippen LogP contribution >= 0.6 is 15.9 Å². The molecule has 1 aromatic heterocycles. The highest BCUT2D eigenvalue weighted by atomic mass is 79.9. The van der Waals surface area contributed by atoms with Gasteiger partial charge in [-0.25, -0.2) is 0 Å². The van der Waals surface area contributed by atoms with Crippen LogP contribution in [0.15, 0.2) is 75.8 Å². The molecule has 126 valence electrons.